The Labute approximate surface area is 272 Å². The van der Waals surface area contributed by atoms with Crippen LogP contribution >= 0.6 is 0 Å². The standard InChI is InChI=1S/C32H38N4O10S/c1-3-4-5-6-12-26(35-20-28(33-21-35)34-30(39)25-11-7-8-13-27(25)47(42,43)44)31(40)36(18-9-10-22(36)2)32(41)46-45-24-16-14-23(15-17-24)19-29(37)38/h7-8,11,13-17,20-22,26H,3-6,9-10,12,18-19H2,1-2H3,(H2-,34,37,38,39,42,43,44)/p+1/t22-,26-,36?/m1/s1. The van der Waals surface area contributed by atoms with Gasteiger partial charge in [0.25, 0.3) is 16.0 Å². The zero-order chi connectivity index (χ0) is 34.2. The smallest absolute Gasteiger partial charge is 0.481 e. The zero-order valence-electron chi connectivity index (χ0n) is 26.2. The molecule has 0 aliphatic carbocycles. The van der Waals surface area contributed by atoms with Gasteiger partial charge < -0.3 is 15.0 Å². The van der Waals surface area contributed by atoms with Gasteiger partial charge in [0.05, 0.1) is 24.9 Å². The summed E-state index contributed by atoms with van der Waals surface area (Å²) in [7, 11) is -4.67. The second kappa shape index (κ2) is 15.3. The summed E-state index contributed by atoms with van der Waals surface area (Å²) in [4.78, 5) is 66.3. The van der Waals surface area contributed by atoms with E-state index in [1.54, 1.807) is 6.92 Å². The van der Waals surface area contributed by atoms with Crippen molar-refractivity contribution in [1.29, 1.82) is 0 Å². The fourth-order valence-electron chi connectivity index (χ4n) is 5.82. The molecule has 1 aliphatic rings. The topological polar surface area (TPSA) is 191 Å². The maximum Gasteiger partial charge on any atom is 0.564 e. The Morgan fingerprint density at radius 3 is 2.45 bits per heavy atom. The lowest BCUT2D eigenvalue weighted by Crippen LogP contribution is -2.61. The molecule has 3 N–H and O–H groups in total. The number of nitrogens with one attached hydrogen (secondary N) is 1. The van der Waals surface area contributed by atoms with Crippen LogP contribution in [0.1, 0.15) is 80.8 Å². The van der Waals surface area contributed by atoms with Gasteiger partial charge in [-0.05, 0) is 43.2 Å². The molecule has 3 atom stereocenters. The minimum Gasteiger partial charge on any atom is -0.481 e. The van der Waals surface area contributed by atoms with Crippen LogP contribution in [0, 0.1) is 0 Å². The van der Waals surface area contributed by atoms with Crippen molar-refractivity contribution in [3.8, 4) is 5.75 Å². The number of nitrogens with zero attached hydrogens (tertiary/aromatic N) is 3. The number of likely N-dealkylation sites (tertiary alicyclic amines) is 1. The number of benzene rings is 2. The molecule has 4 rings (SSSR count). The third-order valence-corrected chi connectivity index (χ3v) is 9.23. The molecule has 14 nitrogen and oxygen atoms in total. The molecule has 1 aliphatic heterocycles. The van der Waals surface area contributed by atoms with Crippen molar-refractivity contribution in [2.45, 2.75) is 82.2 Å². The number of hydrogen-bond acceptors (Lipinski definition) is 9. The first-order valence-electron chi connectivity index (χ1n) is 15.4. The summed E-state index contributed by atoms with van der Waals surface area (Å²) in [5, 5.41) is 11.5. The number of quaternary nitrogens is 1. The van der Waals surface area contributed by atoms with E-state index >= 15 is 0 Å². The molecule has 47 heavy (non-hydrogen) atoms. The number of carbonyl (C=O) groups is 4. The fourth-order valence-corrected chi connectivity index (χ4v) is 6.51. The fraction of sp³-hybridized carbons (Fsp3) is 0.406. The number of anilines is 1. The highest BCUT2D eigenvalue weighted by Gasteiger charge is 2.57. The number of rotatable bonds is 14. The van der Waals surface area contributed by atoms with E-state index in [1.807, 2.05) is 0 Å². The predicted octanol–water partition coefficient (Wildman–Crippen LogP) is 5.18. The van der Waals surface area contributed by atoms with Crippen molar-refractivity contribution in [3.63, 3.8) is 0 Å². The van der Waals surface area contributed by atoms with Crippen LogP contribution in [-0.2, 0) is 31.0 Å². The molecule has 3 aromatic rings. The third kappa shape index (κ3) is 8.41. The number of hydrogen-bond donors (Lipinski definition) is 3. The molecule has 2 aromatic carbocycles. The molecule has 0 spiro atoms. The first-order chi connectivity index (χ1) is 22.4. The summed E-state index contributed by atoms with van der Waals surface area (Å²) in [6.45, 7) is 4.05. The van der Waals surface area contributed by atoms with Crippen LogP contribution in [0.25, 0.3) is 0 Å². The third-order valence-electron chi connectivity index (χ3n) is 8.32. The van der Waals surface area contributed by atoms with Crippen LogP contribution in [0.4, 0.5) is 10.6 Å². The van der Waals surface area contributed by atoms with Gasteiger partial charge in [-0.1, -0.05) is 56.9 Å². The molecule has 252 valence electrons. The van der Waals surface area contributed by atoms with E-state index in [-0.39, 0.29) is 30.1 Å². The summed E-state index contributed by atoms with van der Waals surface area (Å²) in [6, 6.07) is 9.90. The lowest BCUT2D eigenvalue weighted by molar-refractivity contribution is -0.798. The molecule has 0 radical (unpaired) electrons. The van der Waals surface area contributed by atoms with Gasteiger partial charge in [0, 0.05) is 19.0 Å². The predicted molar refractivity (Wildman–Crippen MR) is 168 cm³/mol. The number of unbranched alkanes of at least 4 members (excludes halogenated alkanes) is 3. The maximum absolute atomic E-state index is 14.5. The van der Waals surface area contributed by atoms with Crippen molar-refractivity contribution >= 4 is 39.8 Å². The molecule has 15 heteroatoms. The second-order valence-corrected chi connectivity index (χ2v) is 13.0. The van der Waals surface area contributed by atoms with Gasteiger partial charge in [-0.3, -0.25) is 19.0 Å². The van der Waals surface area contributed by atoms with Crippen LogP contribution < -0.4 is 10.2 Å². The van der Waals surface area contributed by atoms with Gasteiger partial charge in [0.2, 0.25) is 0 Å². The number of imidazole rings is 1. The number of aliphatic carboxylic acids is 1. The highest BCUT2D eigenvalue weighted by molar-refractivity contribution is 7.86. The van der Waals surface area contributed by atoms with Crippen LogP contribution in [0.3, 0.4) is 0 Å². The maximum atomic E-state index is 14.5. The lowest BCUT2D eigenvalue weighted by Gasteiger charge is -2.33. The average Bonchev–Trinajstić information content (AvgIpc) is 3.66. The van der Waals surface area contributed by atoms with Crippen molar-refractivity contribution in [3.05, 3.63) is 72.2 Å². The Morgan fingerprint density at radius 2 is 1.81 bits per heavy atom. The van der Waals surface area contributed by atoms with E-state index in [0.29, 0.717) is 31.2 Å². The van der Waals surface area contributed by atoms with Crippen molar-refractivity contribution in [1.82, 2.24) is 9.55 Å². The Balaban J connectivity index is 1.57. The Hall–Kier alpha value is -4.60. The highest BCUT2D eigenvalue weighted by atomic mass is 32.2. The first-order valence-corrected chi connectivity index (χ1v) is 16.8. The van der Waals surface area contributed by atoms with E-state index in [1.165, 1.54) is 59.6 Å². The number of imide groups is 1. The minimum atomic E-state index is -4.67. The number of amides is 3. The molecule has 1 aromatic heterocycles. The molecular formula is C32H39N4O10S+. The number of carbonyl (C=O) groups excluding carboxylic acids is 3. The SMILES string of the molecule is CCCCCC[C@H](C(=O)[N+]1(C(=O)OOc2ccc(CC(=O)O)cc2)CCC[C@H]1C)n1cnc(NC(=O)c2ccccc2S(=O)(=O)O)c1. The van der Waals surface area contributed by atoms with E-state index in [9.17, 15) is 32.1 Å². The van der Waals surface area contributed by atoms with E-state index in [2.05, 4.69) is 17.2 Å². The van der Waals surface area contributed by atoms with Crippen molar-refractivity contribution < 1.29 is 51.5 Å². The Morgan fingerprint density at radius 1 is 1.09 bits per heavy atom. The Kier molecular flexibility index (Phi) is 11.5. The summed E-state index contributed by atoms with van der Waals surface area (Å²) in [5.74, 6) is -2.06. The number of carboxylic acids is 1. The van der Waals surface area contributed by atoms with Gasteiger partial charge in [-0.15, -0.1) is 0 Å². The molecule has 1 fully saturated rings. The summed E-state index contributed by atoms with van der Waals surface area (Å²) < 4.78 is 34.0. The van der Waals surface area contributed by atoms with Crippen LogP contribution in [0.5, 0.6) is 5.75 Å². The van der Waals surface area contributed by atoms with Crippen LogP contribution in [0.15, 0.2) is 66.0 Å². The van der Waals surface area contributed by atoms with Crippen molar-refractivity contribution in [2.24, 2.45) is 0 Å². The van der Waals surface area contributed by atoms with Crippen LogP contribution in [0.2, 0.25) is 0 Å². The summed E-state index contributed by atoms with van der Waals surface area (Å²) in [5.41, 5.74) is 0.249. The van der Waals surface area contributed by atoms with Gasteiger partial charge in [0.15, 0.2) is 11.6 Å². The number of aromatic nitrogens is 2. The van der Waals surface area contributed by atoms with E-state index in [4.69, 9.17) is 14.9 Å². The normalized spacial score (nSPS) is 18.3. The molecule has 1 saturated heterocycles. The molecule has 3 amide bonds. The van der Waals surface area contributed by atoms with Gasteiger partial charge in [0.1, 0.15) is 17.0 Å². The largest absolute Gasteiger partial charge is 0.564 e. The van der Waals surface area contributed by atoms with E-state index < -0.39 is 55.5 Å². The molecule has 2 heterocycles. The summed E-state index contributed by atoms with van der Waals surface area (Å²) >= 11 is 0. The molecule has 0 saturated carbocycles. The first kappa shape index (κ1) is 35.3. The average molecular weight is 672 g/mol. The highest BCUT2D eigenvalue weighted by Crippen LogP contribution is 2.35. The van der Waals surface area contributed by atoms with E-state index in [0.717, 1.165) is 25.3 Å². The van der Waals surface area contributed by atoms with Gasteiger partial charge >= 0.3 is 18.0 Å². The minimum absolute atomic E-state index is 0.0322. The summed E-state index contributed by atoms with van der Waals surface area (Å²) in [6.07, 6.45) is 6.75. The lowest BCUT2D eigenvalue weighted by atomic mass is 10.0. The second-order valence-electron chi connectivity index (χ2n) is 11.6. The number of carboxylic acid groups (broad SMARTS) is 1. The zero-order valence-corrected chi connectivity index (χ0v) is 27.0. The van der Waals surface area contributed by atoms with Gasteiger partial charge in [-0.25, -0.2) is 9.78 Å². The molecular weight excluding hydrogens is 632 g/mol. The van der Waals surface area contributed by atoms with Crippen molar-refractivity contribution in [2.75, 3.05) is 11.9 Å². The van der Waals surface area contributed by atoms with Crippen LogP contribution in [-0.4, -0.2) is 68.6 Å². The monoisotopic (exact) mass is 671 g/mol. The molecule has 0 bridgehead atoms. The molecule has 1 unspecified atom stereocenters. The Bertz CT molecular complexity index is 1710. The van der Waals surface area contributed by atoms with Gasteiger partial charge in [-0.2, -0.15) is 22.6 Å². The quantitative estimate of drug-likeness (QED) is 0.0673.